The van der Waals surface area contributed by atoms with Crippen LogP contribution in [-0.4, -0.2) is 89.2 Å². The molecule has 6 atom stereocenters. The van der Waals surface area contributed by atoms with E-state index in [1.165, 1.54) is 19.3 Å². The molecule has 0 aromatic carbocycles. The molecule has 0 amide bonds. The van der Waals surface area contributed by atoms with Crippen LogP contribution >= 0.6 is 0 Å². The molecule has 1 aliphatic rings. The van der Waals surface area contributed by atoms with Gasteiger partial charge in [0.25, 0.3) is 0 Å². The van der Waals surface area contributed by atoms with Crippen LogP contribution in [0.5, 0.6) is 0 Å². The van der Waals surface area contributed by atoms with Crippen LogP contribution in [0, 0.1) is 0 Å². The average Bonchev–Trinajstić information content (AvgIpc) is 2.56. The van der Waals surface area contributed by atoms with Gasteiger partial charge in [-0.3, -0.25) is 14.4 Å². The van der Waals surface area contributed by atoms with E-state index in [1.54, 1.807) is 0 Å². The van der Waals surface area contributed by atoms with Crippen LogP contribution in [0.15, 0.2) is 158 Å². The lowest BCUT2D eigenvalue weighted by Crippen LogP contribution is -2.61. The van der Waals surface area contributed by atoms with Gasteiger partial charge in [-0.2, -0.15) is 0 Å². The van der Waals surface area contributed by atoms with Gasteiger partial charge in [0.15, 0.2) is 24.6 Å². The van der Waals surface area contributed by atoms with Crippen LogP contribution < -0.4 is 0 Å². The number of hydrogen-bond donors (Lipinski definition) is 3. The van der Waals surface area contributed by atoms with Crippen molar-refractivity contribution in [3.05, 3.63) is 158 Å². The minimum atomic E-state index is -1.93. The standard InChI is InChI=1S/C75H116O12/c1-4-7-10-13-16-19-22-25-28-31-34-37-40-43-46-49-52-55-58-61-67(76)83-64-66(85-68(77)62-59-56-53-50-47-44-41-38-35-32-29-26-23-20-17-14-11-8-5-2)65-84-75-73(71(80)70(79)72(87-75)74(81)82)86-69(78)63-60-57-54-51-48-45-42-39-36-33-30-27-24-21-18-15-12-9-6-3/h7-8,10-11,16-21,25-30,34-39,43,46,52,55,66,70-73,75,79-80H,4-6,9,12-15,22-24,31-33,40-42,44-45,47-51,53-54,56-65H2,1-3H3,(H,81,82)/b10-7-,11-8-,19-16-,20-17-,21-18-,28-25-,29-26-,30-27-,37-34-,38-35-,39-36-,46-43-,55-52-. The van der Waals surface area contributed by atoms with Gasteiger partial charge in [-0.05, 0) is 135 Å². The topological polar surface area (TPSA) is 175 Å². The summed E-state index contributed by atoms with van der Waals surface area (Å²) in [6, 6.07) is 0. The van der Waals surface area contributed by atoms with E-state index in [0.29, 0.717) is 25.7 Å². The summed E-state index contributed by atoms with van der Waals surface area (Å²) in [5, 5.41) is 31.6. The third-order valence-corrected chi connectivity index (χ3v) is 14.1. The normalized spacial score (nSPS) is 18.4. The van der Waals surface area contributed by atoms with E-state index in [4.69, 9.17) is 23.7 Å². The average molecular weight is 1210 g/mol. The molecule has 0 radical (unpaired) electrons. The fourth-order valence-electron chi connectivity index (χ4n) is 9.04. The number of ether oxygens (including phenoxy) is 5. The first-order valence-corrected chi connectivity index (χ1v) is 33.5. The Bertz CT molecular complexity index is 2120. The second-order valence-corrected chi connectivity index (χ2v) is 22.0. The molecule has 1 aliphatic heterocycles. The van der Waals surface area contributed by atoms with Crippen LogP contribution in [0.3, 0.4) is 0 Å². The molecule has 0 aliphatic carbocycles. The van der Waals surface area contributed by atoms with Crippen molar-refractivity contribution in [2.24, 2.45) is 0 Å². The molecule has 12 heteroatoms. The number of aliphatic carboxylic acids is 1. The molecular formula is C75H116O12. The van der Waals surface area contributed by atoms with Crippen LogP contribution in [0.1, 0.15) is 239 Å². The van der Waals surface area contributed by atoms with Crippen LogP contribution in [-0.2, 0) is 42.9 Å². The van der Waals surface area contributed by atoms with Crippen molar-refractivity contribution in [2.75, 3.05) is 13.2 Å². The molecule has 1 fully saturated rings. The molecule has 1 saturated heterocycles. The Morgan fingerprint density at radius 2 is 0.747 bits per heavy atom. The molecule has 1 heterocycles. The Morgan fingerprint density at radius 3 is 1.15 bits per heavy atom. The van der Waals surface area contributed by atoms with Gasteiger partial charge in [0.2, 0.25) is 0 Å². The second kappa shape index (κ2) is 60.6. The Balaban J connectivity index is 2.73. The van der Waals surface area contributed by atoms with Crippen molar-refractivity contribution in [3.8, 4) is 0 Å². The smallest absolute Gasteiger partial charge is 0.335 e. The fourth-order valence-corrected chi connectivity index (χ4v) is 9.04. The van der Waals surface area contributed by atoms with Crippen LogP contribution in [0.25, 0.3) is 0 Å². The molecule has 1 rings (SSSR count). The molecule has 488 valence electrons. The van der Waals surface area contributed by atoms with Gasteiger partial charge in [0.05, 0.1) is 6.61 Å². The van der Waals surface area contributed by atoms with E-state index in [1.807, 2.05) is 12.2 Å². The molecule has 0 aromatic heterocycles. The van der Waals surface area contributed by atoms with E-state index in [0.717, 1.165) is 154 Å². The minimum absolute atomic E-state index is 0.0279. The Morgan fingerprint density at radius 1 is 0.391 bits per heavy atom. The van der Waals surface area contributed by atoms with Crippen LogP contribution in [0.4, 0.5) is 0 Å². The maximum absolute atomic E-state index is 13.2. The number of allylic oxidation sites excluding steroid dienone is 26. The number of carbonyl (C=O) groups is 4. The number of unbranched alkanes of at least 4 members (excludes halogenated alkanes) is 15. The second-order valence-electron chi connectivity index (χ2n) is 22.0. The lowest BCUT2D eigenvalue weighted by Gasteiger charge is -2.40. The molecule has 12 nitrogen and oxygen atoms in total. The quantitative estimate of drug-likeness (QED) is 0.0228. The van der Waals surface area contributed by atoms with E-state index >= 15 is 0 Å². The lowest BCUT2D eigenvalue weighted by atomic mass is 9.98. The van der Waals surface area contributed by atoms with Crippen molar-refractivity contribution < 1.29 is 58.2 Å². The molecule has 0 bridgehead atoms. The lowest BCUT2D eigenvalue weighted by molar-refractivity contribution is -0.301. The summed E-state index contributed by atoms with van der Waals surface area (Å²) < 4.78 is 28.5. The summed E-state index contributed by atoms with van der Waals surface area (Å²) in [7, 11) is 0. The van der Waals surface area contributed by atoms with Gasteiger partial charge in [0, 0.05) is 19.3 Å². The summed E-state index contributed by atoms with van der Waals surface area (Å²) in [6.07, 6.45) is 76.3. The maximum atomic E-state index is 13.2. The van der Waals surface area contributed by atoms with Gasteiger partial charge in [0.1, 0.15) is 18.8 Å². The molecule has 0 aromatic rings. The zero-order valence-corrected chi connectivity index (χ0v) is 53.9. The number of hydrogen-bond acceptors (Lipinski definition) is 11. The highest BCUT2D eigenvalue weighted by molar-refractivity contribution is 5.74. The highest BCUT2D eigenvalue weighted by Gasteiger charge is 2.50. The monoisotopic (exact) mass is 1210 g/mol. The molecule has 0 spiro atoms. The number of esters is 3. The summed E-state index contributed by atoms with van der Waals surface area (Å²) in [5.41, 5.74) is 0. The molecule has 0 saturated carbocycles. The van der Waals surface area contributed by atoms with E-state index in [9.17, 15) is 34.5 Å². The van der Waals surface area contributed by atoms with E-state index in [-0.39, 0.29) is 25.9 Å². The Kier molecular flexibility index (Phi) is 55.3. The number of aliphatic hydroxyl groups is 2. The molecular weight excluding hydrogens is 1090 g/mol. The third kappa shape index (κ3) is 50.0. The summed E-state index contributed by atoms with van der Waals surface area (Å²) in [4.78, 5) is 51.4. The van der Waals surface area contributed by atoms with Gasteiger partial charge < -0.3 is 39.0 Å². The molecule has 6 unspecified atom stereocenters. The third-order valence-electron chi connectivity index (χ3n) is 14.1. The van der Waals surface area contributed by atoms with Crippen molar-refractivity contribution in [2.45, 2.75) is 276 Å². The van der Waals surface area contributed by atoms with Crippen molar-refractivity contribution in [3.63, 3.8) is 0 Å². The van der Waals surface area contributed by atoms with Crippen LogP contribution in [0.2, 0.25) is 0 Å². The zero-order valence-electron chi connectivity index (χ0n) is 53.9. The number of rotatable bonds is 55. The number of aliphatic hydroxyl groups excluding tert-OH is 2. The molecule has 87 heavy (non-hydrogen) atoms. The first kappa shape index (κ1) is 79.4. The first-order valence-electron chi connectivity index (χ1n) is 33.5. The van der Waals surface area contributed by atoms with Gasteiger partial charge in [-0.15, -0.1) is 0 Å². The highest BCUT2D eigenvalue weighted by atomic mass is 16.7. The number of carbonyl (C=O) groups excluding carboxylic acids is 3. The largest absolute Gasteiger partial charge is 0.479 e. The fraction of sp³-hybridized carbons (Fsp3) is 0.600. The van der Waals surface area contributed by atoms with Crippen molar-refractivity contribution in [1.82, 2.24) is 0 Å². The van der Waals surface area contributed by atoms with E-state index < -0.39 is 67.3 Å². The minimum Gasteiger partial charge on any atom is -0.479 e. The van der Waals surface area contributed by atoms with Crippen molar-refractivity contribution in [1.29, 1.82) is 0 Å². The summed E-state index contributed by atoms with van der Waals surface area (Å²) >= 11 is 0. The number of carboxylic acids is 1. The predicted molar refractivity (Wildman–Crippen MR) is 358 cm³/mol. The predicted octanol–water partition coefficient (Wildman–Crippen LogP) is 18.5. The molecule has 3 N–H and O–H groups in total. The number of carboxylic acid groups (broad SMARTS) is 1. The van der Waals surface area contributed by atoms with Gasteiger partial charge >= 0.3 is 23.9 Å². The highest BCUT2D eigenvalue weighted by Crippen LogP contribution is 2.26. The Hall–Kier alpha value is -5.66. The zero-order chi connectivity index (χ0) is 63.1. The Labute approximate surface area is 526 Å². The SMILES string of the molecule is CC/C=C\C/C=C\C/C=C\C/C=C\C/C=C\C/C=C\CCC(=O)OCC(COC1OC(C(=O)O)C(O)C(O)C1OC(=O)CCCCCCCC/C=C\C/C=C\C/C=C\CCCCC)OC(=O)CCCCCCCC/C=C\C/C=C\C/C=C\C/C=C\CC. The van der Waals surface area contributed by atoms with Gasteiger partial charge in [-0.1, -0.05) is 243 Å². The first-order chi connectivity index (χ1) is 42.6. The van der Waals surface area contributed by atoms with E-state index in [2.05, 4.69) is 167 Å². The maximum Gasteiger partial charge on any atom is 0.335 e. The van der Waals surface area contributed by atoms with Gasteiger partial charge in [-0.25, -0.2) is 4.79 Å². The van der Waals surface area contributed by atoms with Crippen molar-refractivity contribution >= 4 is 23.9 Å². The summed E-state index contributed by atoms with van der Waals surface area (Å²) in [5.74, 6) is -3.29. The summed E-state index contributed by atoms with van der Waals surface area (Å²) in [6.45, 7) is 5.67.